The van der Waals surface area contributed by atoms with Gasteiger partial charge in [0.1, 0.15) is 11.4 Å². The number of carboxylic acids is 1. The number of carboxylic acid groups (broad SMARTS) is 1. The minimum Gasteiger partial charge on any atom is -0.480 e. The zero-order valence-corrected chi connectivity index (χ0v) is 12.4. The van der Waals surface area contributed by atoms with Gasteiger partial charge in [0.05, 0.1) is 0 Å². The van der Waals surface area contributed by atoms with Crippen LogP contribution in [0, 0.1) is 5.92 Å². The number of carbonyl (C=O) groups is 1. The van der Waals surface area contributed by atoms with Crippen LogP contribution in [0.25, 0.3) is 0 Å². The third-order valence-corrected chi connectivity index (χ3v) is 4.97. The van der Waals surface area contributed by atoms with Gasteiger partial charge < -0.3 is 10.4 Å². The number of hydrogen-bond donors (Lipinski definition) is 3. The maximum Gasteiger partial charge on any atom is 0.321 e. The van der Waals surface area contributed by atoms with Crippen LogP contribution in [-0.2, 0) is 14.8 Å². The van der Waals surface area contributed by atoms with Gasteiger partial charge in [-0.05, 0) is 31.7 Å². The molecule has 6 nitrogen and oxygen atoms in total. The van der Waals surface area contributed by atoms with Gasteiger partial charge in [0, 0.05) is 0 Å². The predicted molar refractivity (Wildman–Crippen MR) is 73.2 cm³/mol. The summed E-state index contributed by atoms with van der Waals surface area (Å²) in [6, 6.07) is -1.05. The Kier molecular flexibility index (Phi) is 6.22. The molecule has 2 atom stereocenters. The van der Waals surface area contributed by atoms with E-state index in [1.54, 1.807) is 0 Å². The van der Waals surface area contributed by atoms with Crippen LogP contribution in [0.4, 0.5) is 0 Å². The zero-order valence-electron chi connectivity index (χ0n) is 11.6. The monoisotopic (exact) mass is 292 g/mol. The van der Waals surface area contributed by atoms with E-state index >= 15 is 0 Å². The van der Waals surface area contributed by atoms with E-state index in [1.807, 2.05) is 13.8 Å². The van der Waals surface area contributed by atoms with E-state index in [0.717, 1.165) is 19.3 Å². The second-order valence-corrected chi connectivity index (χ2v) is 7.37. The summed E-state index contributed by atoms with van der Waals surface area (Å²) in [5.74, 6) is -1.00. The summed E-state index contributed by atoms with van der Waals surface area (Å²) < 4.78 is 26.7. The molecule has 1 saturated heterocycles. The average Bonchev–Trinajstić information content (AvgIpc) is 2.55. The highest BCUT2D eigenvalue weighted by Crippen LogP contribution is 2.14. The van der Waals surface area contributed by atoms with E-state index in [-0.39, 0.29) is 5.92 Å². The number of hydrogen-bond acceptors (Lipinski definition) is 4. The summed E-state index contributed by atoms with van der Waals surface area (Å²) in [5, 5.41) is 11.4. The second kappa shape index (κ2) is 7.21. The molecule has 1 aliphatic heterocycles. The number of aliphatic carboxylic acids is 1. The first-order valence-corrected chi connectivity index (χ1v) is 8.35. The van der Waals surface area contributed by atoms with Gasteiger partial charge in [-0.25, -0.2) is 8.42 Å². The van der Waals surface area contributed by atoms with Gasteiger partial charge in [-0.3, -0.25) is 4.79 Å². The molecule has 19 heavy (non-hydrogen) atoms. The van der Waals surface area contributed by atoms with Crippen LogP contribution < -0.4 is 10.0 Å². The van der Waals surface area contributed by atoms with Crippen molar-refractivity contribution < 1.29 is 18.3 Å². The molecule has 7 heteroatoms. The quantitative estimate of drug-likeness (QED) is 0.676. The van der Waals surface area contributed by atoms with E-state index in [9.17, 15) is 13.2 Å². The molecule has 0 amide bonds. The summed E-state index contributed by atoms with van der Waals surface area (Å²) in [7, 11) is -3.64. The molecule has 0 saturated carbocycles. The summed E-state index contributed by atoms with van der Waals surface area (Å²) in [4.78, 5) is 11.1. The van der Waals surface area contributed by atoms with Crippen molar-refractivity contribution in [3.8, 4) is 0 Å². The lowest BCUT2D eigenvalue weighted by atomic mass is 10.1. The van der Waals surface area contributed by atoms with E-state index in [0.29, 0.717) is 19.4 Å². The van der Waals surface area contributed by atoms with Gasteiger partial charge in [0.25, 0.3) is 0 Å². The van der Waals surface area contributed by atoms with Crippen molar-refractivity contribution in [2.45, 2.75) is 57.4 Å². The Bertz CT molecular complexity index is 387. The maximum absolute atomic E-state index is 12.2. The second-order valence-electron chi connectivity index (χ2n) is 5.48. The van der Waals surface area contributed by atoms with Gasteiger partial charge in [0.2, 0.25) is 10.0 Å². The Morgan fingerprint density at radius 1 is 1.37 bits per heavy atom. The molecule has 0 bridgehead atoms. The first-order chi connectivity index (χ1) is 8.83. The minimum absolute atomic E-state index is 0.117. The van der Waals surface area contributed by atoms with Crippen LogP contribution in [0.3, 0.4) is 0 Å². The highest BCUT2D eigenvalue weighted by molar-refractivity contribution is 7.90. The van der Waals surface area contributed by atoms with Crippen molar-refractivity contribution in [2.24, 2.45) is 5.92 Å². The first kappa shape index (κ1) is 16.4. The van der Waals surface area contributed by atoms with Crippen LogP contribution in [0.5, 0.6) is 0 Å². The summed E-state index contributed by atoms with van der Waals surface area (Å²) in [6.07, 6.45) is 3.64. The van der Waals surface area contributed by atoms with Crippen LogP contribution in [0.15, 0.2) is 0 Å². The van der Waals surface area contributed by atoms with E-state index in [1.165, 1.54) is 0 Å². The fourth-order valence-electron chi connectivity index (χ4n) is 2.21. The van der Waals surface area contributed by atoms with Crippen molar-refractivity contribution >= 4 is 16.0 Å². The largest absolute Gasteiger partial charge is 0.480 e. The van der Waals surface area contributed by atoms with Crippen LogP contribution in [-0.4, -0.2) is 37.5 Å². The van der Waals surface area contributed by atoms with Gasteiger partial charge in [-0.2, -0.15) is 4.72 Å². The summed E-state index contributed by atoms with van der Waals surface area (Å²) in [5.41, 5.74) is 0. The molecule has 0 aromatic heterocycles. The average molecular weight is 292 g/mol. The summed E-state index contributed by atoms with van der Waals surface area (Å²) in [6.45, 7) is 4.40. The highest BCUT2D eigenvalue weighted by atomic mass is 32.2. The topological polar surface area (TPSA) is 95.5 Å². The fraction of sp³-hybridized carbons (Fsp3) is 0.917. The highest BCUT2D eigenvalue weighted by Gasteiger charge is 2.31. The molecule has 1 fully saturated rings. The van der Waals surface area contributed by atoms with Crippen molar-refractivity contribution in [1.82, 2.24) is 10.0 Å². The molecule has 1 heterocycles. The van der Waals surface area contributed by atoms with Gasteiger partial charge in [-0.15, -0.1) is 0 Å². The van der Waals surface area contributed by atoms with Gasteiger partial charge in [-0.1, -0.05) is 26.7 Å². The Morgan fingerprint density at radius 3 is 2.63 bits per heavy atom. The number of rotatable bonds is 6. The molecule has 0 aromatic carbocycles. The van der Waals surface area contributed by atoms with E-state index in [2.05, 4.69) is 10.0 Å². The lowest BCUT2D eigenvalue weighted by Gasteiger charge is -2.21. The smallest absolute Gasteiger partial charge is 0.321 e. The Morgan fingerprint density at radius 2 is 2.05 bits per heavy atom. The van der Waals surface area contributed by atoms with Gasteiger partial charge >= 0.3 is 5.97 Å². The molecule has 1 aliphatic rings. The summed E-state index contributed by atoms with van der Waals surface area (Å²) >= 11 is 0. The lowest BCUT2D eigenvalue weighted by Crippen LogP contribution is -2.49. The molecular weight excluding hydrogens is 268 g/mol. The third kappa shape index (κ3) is 5.46. The standard InChI is InChI=1S/C12H24N2O4S/c1-9(2)8-10(12(15)16)14-19(17,18)11-6-4-3-5-7-13-11/h9-11,13-14H,3-8H2,1-2H3,(H,15,16)/t10-,11?/m0/s1. The molecule has 1 unspecified atom stereocenters. The first-order valence-electron chi connectivity index (χ1n) is 6.80. The Hall–Kier alpha value is -0.660. The van der Waals surface area contributed by atoms with Crippen LogP contribution >= 0.6 is 0 Å². The van der Waals surface area contributed by atoms with Crippen molar-refractivity contribution in [3.63, 3.8) is 0 Å². The molecule has 3 N–H and O–H groups in total. The van der Waals surface area contributed by atoms with Crippen molar-refractivity contribution in [1.29, 1.82) is 0 Å². The Balaban J connectivity index is 2.72. The number of nitrogens with one attached hydrogen (secondary N) is 2. The molecule has 0 aliphatic carbocycles. The molecule has 112 valence electrons. The van der Waals surface area contributed by atoms with Crippen LogP contribution in [0.1, 0.15) is 46.0 Å². The molecular formula is C12H24N2O4S. The van der Waals surface area contributed by atoms with Crippen molar-refractivity contribution in [2.75, 3.05) is 6.54 Å². The molecule has 0 aromatic rings. The lowest BCUT2D eigenvalue weighted by molar-refractivity contribution is -0.139. The molecule has 0 spiro atoms. The zero-order chi connectivity index (χ0) is 14.5. The Labute approximate surface area is 115 Å². The third-order valence-electron chi connectivity index (χ3n) is 3.20. The van der Waals surface area contributed by atoms with E-state index in [4.69, 9.17) is 5.11 Å². The predicted octanol–water partition coefficient (Wildman–Crippen LogP) is 0.895. The van der Waals surface area contributed by atoms with Crippen molar-refractivity contribution in [3.05, 3.63) is 0 Å². The van der Waals surface area contributed by atoms with Gasteiger partial charge in [0.15, 0.2) is 0 Å². The molecule has 0 radical (unpaired) electrons. The maximum atomic E-state index is 12.2. The number of sulfonamides is 1. The normalized spacial score (nSPS) is 23.0. The van der Waals surface area contributed by atoms with E-state index < -0.39 is 27.4 Å². The minimum atomic E-state index is -3.64. The SMILES string of the molecule is CC(C)C[C@H](NS(=O)(=O)C1CCCCCN1)C(=O)O. The molecule has 1 rings (SSSR count). The fourth-order valence-corrected chi connectivity index (χ4v) is 3.78. The van der Waals surface area contributed by atoms with Crippen LogP contribution in [0.2, 0.25) is 0 Å².